The number of thiophene rings is 2. The summed E-state index contributed by atoms with van der Waals surface area (Å²) in [6.45, 7) is 1.85. The zero-order chi connectivity index (χ0) is 15.2. The molecule has 0 saturated heterocycles. The minimum absolute atomic E-state index is 0.543. The molecular formula is C17H17N3OS2. The molecule has 0 bridgehead atoms. The molecule has 0 N–H and O–H groups in total. The van der Waals surface area contributed by atoms with Gasteiger partial charge in [-0.05, 0) is 53.6 Å². The maximum absolute atomic E-state index is 5.51. The summed E-state index contributed by atoms with van der Waals surface area (Å²) in [5.41, 5.74) is 2.59. The number of rotatable bonds is 4. The number of hydrogen-bond donors (Lipinski definition) is 0. The molecule has 1 unspecified atom stereocenters. The predicted molar refractivity (Wildman–Crippen MR) is 91.5 cm³/mol. The van der Waals surface area contributed by atoms with Crippen LogP contribution >= 0.6 is 22.7 Å². The Bertz CT molecular complexity index is 804. The average molecular weight is 343 g/mol. The second-order valence-corrected chi connectivity index (χ2v) is 8.11. The van der Waals surface area contributed by atoms with Gasteiger partial charge in [-0.25, -0.2) is 0 Å². The molecule has 1 saturated carbocycles. The Balaban J connectivity index is 1.40. The molecule has 3 aromatic heterocycles. The highest BCUT2D eigenvalue weighted by Gasteiger charge is 2.40. The van der Waals surface area contributed by atoms with Crippen LogP contribution in [0, 0.1) is 5.92 Å². The Morgan fingerprint density at radius 1 is 1.26 bits per heavy atom. The van der Waals surface area contributed by atoms with Crippen molar-refractivity contribution in [3.63, 3.8) is 0 Å². The molecule has 2 aliphatic rings. The van der Waals surface area contributed by atoms with Crippen molar-refractivity contribution in [2.45, 2.75) is 31.8 Å². The Labute approximate surface area is 142 Å². The molecule has 0 spiro atoms. The molecule has 23 heavy (non-hydrogen) atoms. The summed E-state index contributed by atoms with van der Waals surface area (Å²) in [6.07, 6.45) is 3.84. The fourth-order valence-electron chi connectivity index (χ4n) is 3.54. The summed E-state index contributed by atoms with van der Waals surface area (Å²) in [7, 11) is 0. The average Bonchev–Trinajstić information content (AvgIpc) is 3.01. The van der Waals surface area contributed by atoms with E-state index in [1.54, 1.807) is 21.8 Å². The highest BCUT2D eigenvalue weighted by molar-refractivity contribution is 7.10. The van der Waals surface area contributed by atoms with Crippen LogP contribution in [0.4, 0.5) is 0 Å². The quantitative estimate of drug-likeness (QED) is 0.705. The third-order valence-corrected chi connectivity index (χ3v) is 6.45. The van der Waals surface area contributed by atoms with Gasteiger partial charge in [0.05, 0.1) is 6.54 Å². The van der Waals surface area contributed by atoms with Crippen molar-refractivity contribution in [3.8, 4) is 11.4 Å². The molecule has 1 fully saturated rings. The van der Waals surface area contributed by atoms with E-state index in [-0.39, 0.29) is 0 Å². The summed E-state index contributed by atoms with van der Waals surface area (Å²) in [6, 6.07) is 4.89. The molecule has 3 aromatic rings. The molecule has 118 valence electrons. The van der Waals surface area contributed by atoms with E-state index < -0.39 is 0 Å². The van der Waals surface area contributed by atoms with Gasteiger partial charge in [0.1, 0.15) is 0 Å². The van der Waals surface area contributed by atoms with Gasteiger partial charge in [0.15, 0.2) is 0 Å². The number of fused-ring (bicyclic) bond motifs is 1. The lowest BCUT2D eigenvalue weighted by Crippen LogP contribution is -2.35. The summed E-state index contributed by atoms with van der Waals surface area (Å²) >= 11 is 3.56. The van der Waals surface area contributed by atoms with Gasteiger partial charge in [-0.1, -0.05) is 5.16 Å². The minimum Gasteiger partial charge on any atom is -0.338 e. The monoisotopic (exact) mass is 343 g/mol. The Morgan fingerprint density at radius 3 is 3.04 bits per heavy atom. The topological polar surface area (TPSA) is 42.2 Å². The van der Waals surface area contributed by atoms with E-state index in [2.05, 4.69) is 31.9 Å². The van der Waals surface area contributed by atoms with Crippen LogP contribution in [0.15, 0.2) is 32.8 Å². The Hall–Kier alpha value is -1.50. The fourth-order valence-corrected chi connectivity index (χ4v) is 5.09. The second kappa shape index (κ2) is 5.54. The van der Waals surface area contributed by atoms with Gasteiger partial charge < -0.3 is 4.52 Å². The van der Waals surface area contributed by atoms with Crippen LogP contribution in [0.2, 0.25) is 0 Å². The second-order valence-electron chi connectivity index (χ2n) is 6.33. The third-order valence-electron chi connectivity index (χ3n) is 4.77. The lowest BCUT2D eigenvalue weighted by molar-refractivity contribution is 0.139. The normalized spacial score (nSPS) is 21.5. The zero-order valence-electron chi connectivity index (χ0n) is 12.6. The number of hydrogen-bond acceptors (Lipinski definition) is 6. The highest BCUT2D eigenvalue weighted by Crippen LogP contribution is 2.48. The molecule has 0 radical (unpaired) electrons. The number of nitrogens with zero attached hydrogens (tertiary/aromatic N) is 3. The SMILES string of the molecule is c1cc(-c2noc(CN3CCc4sccc4C3C3CC3)n2)cs1. The summed E-state index contributed by atoms with van der Waals surface area (Å²) in [5.74, 6) is 2.25. The van der Waals surface area contributed by atoms with E-state index in [1.165, 1.54) is 12.8 Å². The van der Waals surface area contributed by atoms with Gasteiger partial charge >= 0.3 is 0 Å². The van der Waals surface area contributed by atoms with Gasteiger partial charge in [0.2, 0.25) is 11.7 Å². The molecular weight excluding hydrogens is 326 g/mol. The van der Waals surface area contributed by atoms with Crippen LogP contribution in [-0.4, -0.2) is 21.6 Å². The fraction of sp³-hybridized carbons (Fsp3) is 0.412. The summed E-state index contributed by atoms with van der Waals surface area (Å²) in [4.78, 5) is 8.71. The van der Waals surface area contributed by atoms with Crippen molar-refractivity contribution in [1.82, 2.24) is 15.0 Å². The molecule has 6 heteroatoms. The first-order valence-corrected chi connectivity index (χ1v) is 9.86. The van der Waals surface area contributed by atoms with Crippen LogP contribution in [0.3, 0.4) is 0 Å². The molecule has 4 heterocycles. The number of aromatic nitrogens is 2. The largest absolute Gasteiger partial charge is 0.338 e. The molecule has 0 amide bonds. The Kier molecular flexibility index (Phi) is 3.35. The van der Waals surface area contributed by atoms with Gasteiger partial charge in [0.25, 0.3) is 0 Å². The smallest absolute Gasteiger partial charge is 0.241 e. The van der Waals surface area contributed by atoms with Crippen LogP contribution in [0.25, 0.3) is 11.4 Å². The third kappa shape index (κ3) is 2.55. The van der Waals surface area contributed by atoms with E-state index in [1.807, 2.05) is 22.8 Å². The van der Waals surface area contributed by atoms with Gasteiger partial charge in [-0.3, -0.25) is 4.90 Å². The first kappa shape index (κ1) is 13.9. The van der Waals surface area contributed by atoms with Crippen LogP contribution in [0.5, 0.6) is 0 Å². The van der Waals surface area contributed by atoms with Gasteiger partial charge in [0, 0.05) is 28.4 Å². The van der Waals surface area contributed by atoms with E-state index in [0.29, 0.717) is 11.9 Å². The van der Waals surface area contributed by atoms with Gasteiger partial charge in [-0.2, -0.15) is 16.3 Å². The van der Waals surface area contributed by atoms with E-state index in [4.69, 9.17) is 4.52 Å². The van der Waals surface area contributed by atoms with Crippen molar-refractivity contribution in [3.05, 3.63) is 44.6 Å². The zero-order valence-corrected chi connectivity index (χ0v) is 14.3. The van der Waals surface area contributed by atoms with Crippen molar-refractivity contribution in [2.24, 2.45) is 5.92 Å². The predicted octanol–water partition coefficient (Wildman–Crippen LogP) is 4.37. The standard InChI is InChI=1S/C17H17N3OS2/c1-2-11(1)16-13-5-8-23-14(13)3-6-20(16)9-15-18-17(19-21-15)12-4-7-22-10-12/h4-5,7-8,10-11,16H,1-3,6,9H2. The van der Waals surface area contributed by atoms with Crippen molar-refractivity contribution in [1.29, 1.82) is 0 Å². The van der Waals surface area contributed by atoms with Crippen LogP contribution in [-0.2, 0) is 13.0 Å². The van der Waals surface area contributed by atoms with Gasteiger partial charge in [-0.15, -0.1) is 11.3 Å². The van der Waals surface area contributed by atoms with E-state index >= 15 is 0 Å². The van der Waals surface area contributed by atoms with Crippen molar-refractivity contribution < 1.29 is 4.52 Å². The minimum atomic E-state index is 0.543. The summed E-state index contributed by atoms with van der Waals surface area (Å²) in [5, 5.41) is 10.5. The summed E-state index contributed by atoms with van der Waals surface area (Å²) < 4.78 is 5.51. The maximum Gasteiger partial charge on any atom is 0.241 e. The highest BCUT2D eigenvalue weighted by atomic mass is 32.1. The first-order chi connectivity index (χ1) is 11.4. The maximum atomic E-state index is 5.51. The molecule has 0 aromatic carbocycles. The first-order valence-electron chi connectivity index (χ1n) is 8.04. The molecule has 1 aliphatic heterocycles. The van der Waals surface area contributed by atoms with E-state index in [9.17, 15) is 0 Å². The van der Waals surface area contributed by atoms with E-state index in [0.717, 1.165) is 36.9 Å². The molecule has 4 nitrogen and oxygen atoms in total. The van der Waals surface area contributed by atoms with Crippen molar-refractivity contribution >= 4 is 22.7 Å². The molecule has 1 aliphatic carbocycles. The lowest BCUT2D eigenvalue weighted by atomic mass is 9.96. The molecule has 1 atom stereocenters. The Morgan fingerprint density at radius 2 is 2.22 bits per heavy atom. The van der Waals surface area contributed by atoms with Crippen LogP contribution in [0.1, 0.15) is 35.2 Å². The van der Waals surface area contributed by atoms with Crippen molar-refractivity contribution in [2.75, 3.05) is 6.54 Å². The van der Waals surface area contributed by atoms with Crippen LogP contribution < -0.4 is 0 Å². The lowest BCUT2D eigenvalue weighted by Gasteiger charge is -2.35. The molecule has 5 rings (SSSR count).